The van der Waals surface area contributed by atoms with Crippen molar-refractivity contribution in [2.24, 2.45) is 0 Å². The van der Waals surface area contributed by atoms with Gasteiger partial charge in [0, 0.05) is 25.1 Å². The van der Waals surface area contributed by atoms with Crippen LogP contribution < -0.4 is 13.8 Å². The summed E-state index contributed by atoms with van der Waals surface area (Å²) in [7, 11) is -7.90. The molecule has 39 heavy (non-hydrogen) atoms. The zero-order valence-corrected chi connectivity index (χ0v) is 22.3. The molecule has 206 valence electrons. The van der Waals surface area contributed by atoms with Crippen molar-refractivity contribution in [3.05, 3.63) is 77.6 Å². The van der Waals surface area contributed by atoms with Gasteiger partial charge in [0.2, 0.25) is 10.0 Å². The molecule has 0 radical (unpaired) electrons. The number of nitrogens with one attached hydrogen (secondary N) is 1. The third-order valence-corrected chi connectivity index (χ3v) is 9.78. The summed E-state index contributed by atoms with van der Waals surface area (Å²) in [6.07, 6.45) is 1.87. The lowest BCUT2D eigenvalue weighted by Crippen LogP contribution is -2.31. The van der Waals surface area contributed by atoms with E-state index in [1.807, 2.05) is 35.1 Å². The molecule has 1 fully saturated rings. The van der Waals surface area contributed by atoms with E-state index in [0.29, 0.717) is 20.8 Å². The minimum absolute atomic E-state index is 0.0413. The summed E-state index contributed by atoms with van der Waals surface area (Å²) < 4.78 is 76.2. The van der Waals surface area contributed by atoms with Crippen LogP contribution in [0.15, 0.2) is 60.7 Å². The Labute approximate surface area is 225 Å². The van der Waals surface area contributed by atoms with Crippen molar-refractivity contribution >= 4 is 48.2 Å². The number of amides is 1. The quantitative estimate of drug-likeness (QED) is 0.400. The predicted octanol–water partition coefficient (Wildman–Crippen LogP) is 2.15. The third kappa shape index (κ3) is 5.48. The predicted molar refractivity (Wildman–Crippen MR) is 144 cm³/mol. The molecule has 2 heterocycles. The lowest BCUT2D eigenvalue weighted by molar-refractivity contribution is -0.117. The maximum atomic E-state index is 16.2. The van der Waals surface area contributed by atoms with E-state index in [9.17, 15) is 21.6 Å². The number of ether oxygens (including phenoxy) is 1. The molecule has 0 aromatic heterocycles. The maximum absolute atomic E-state index is 16.2. The highest BCUT2D eigenvalue weighted by Crippen LogP contribution is 2.40. The number of hydrogen-bond acceptors (Lipinski definition) is 7. The van der Waals surface area contributed by atoms with Crippen LogP contribution in [0.1, 0.15) is 17.5 Å². The van der Waals surface area contributed by atoms with Gasteiger partial charge in [-0.1, -0.05) is 48.5 Å². The first-order chi connectivity index (χ1) is 18.6. The monoisotopic (exact) mass is 575 g/mol. The zero-order chi connectivity index (χ0) is 27.8. The molecule has 0 unspecified atom stereocenters. The highest BCUT2D eigenvalue weighted by Gasteiger charge is 2.38. The highest BCUT2D eigenvalue weighted by atomic mass is 32.2. The van der Waals surface area contributed by atoms with Gasteiger partial charge in [-0.2, -0.15) is 12.7 Å². The van der Waals surface area contributed by atoms with Crippen molar-refractivity contribution in [2.75, 3.05) is 36.3 Å². The van der Waals surface area contributed by atoms with Gasteiger partial charge in [-0.25, -0.2) is 21.8 Å². The van der Waals surface area contributed by atoms with Crippen LogP contribution in [0.4, 0.5) is 10.1 Å². The normalized spacial score (nSPS) is 17.4. The Hall–Kier alpha value is -3.52. The smallest absolute Gasteiger partial charge is 0.326 e. The van der Waals surface area contributed by atoms with Crippen molar-refractivity contribution in [2.45, 2.75) is 13.0 Å². The molecule has 0 saturated carbocycles. The molecule has 10 nitrogen and oxygen atoms in total. The number of fused-ring (bicyclic) bond motifs is 1. The molecular weight excluding hydrogens is 549 g/mol. The van der Waals surface area contributed by atoms with E-state index in [4.69, 9.17) is 9.84 Å². The van der Waals surface area contributed by atoms with E-state index < -0.39 is 38.5 Å². The van der Waals surface area contributed by atoms with Crippen molar-refractivity contribution in [3.8, 4) is 5.75 Å². The van der Waals surface area contributed by atoms with Gasteiger partial charge >= 0.3 is 10.2 Å². The molecule has 2 aliphatic heterocycles. The highest BCUT2D eigenvalue weighted by molar-refractivity contribution is 7.92. The Balaban J connectivity index is 1.53. The topological polar surface area (TPSA) is 133 Å². The Morgan fingerprint density at radius 2 is 1.85 bits per heavy atom. The van der Waals surface area contributed by atoms with E-state index in [-0.39, 0.29) is 55.3 Å². The second kappa shape index (κ2) is 10.6. The first-order valence-corrected chi connectivity index (χ1v) is 15.2. The summed E-state index contributed by atoms with van der Waals surface area (Å²) in [6.45, 7) is -0.548. The van der Waals surface area contributed by atoms with Gasteiger partial charge < -0.3 is 9.84 Å². The molecule has 1 saturated heterocycles. The van der Waals surface area contributed by atoms with Crippen LogP contribution in [0.5, 0.6) is 5.75 Å². The van der Waals surface area contributed by atoms with Crippen LogP contribution >= 0.6 is 0 Å². The summed E-state index contributed by atoms with van der Waals surface area (Å²) in [5.41, 5.74) is 1.64. The summed E-state index contributed by atoms with van der Waals surface area (Å²) in [5, 5.41) is 9.51. The van der Waals surface area contributed by atoms with Gasteiger partial charge in [0.05, 0.1) is 5.75 Å². The first kappa shape index (κ1) is 27.1. The van der Waals surface area contributed by atoms with Gasteiger partial charge in [0.1, 0.15) is 24.6 Å². The molecule has 0 aliphatic carbocycles. The Kier molecular flexibility index (Phi) is 7.33. The van der Waals surface area contributed by atoms with E-state index in [2.05, 4.69) is 0 Å². The second-order valence-corrected chi connectivity index (χ2v) is 12.9. The van der Waals surface area contributed by atoms with Crippen molar-refractivity contribution < 1.29 is 35.9 Å². The van der Waals surface area contributed by atoms with Gasteiger partial charge in [0.25, 0.3) is 5.91 Å². The molecule has 0 bridgehead atoms. The number of rotatable bonds is 9. The third-order valence-electron chi connectivity index (χ3n) is 6.54. The van der Waals surface area contributed by atoms with Crippen LogP contribution in [-0.4, -0.2) is 64.1 Å². The number of carbonyl (C=O) groups excluding carboxylic acids is 1. The average molecular weight is 576 g/mol. The molecule has 2 N–H and O–H groups in total. The number of benzene rings is 3. The zero-order valence-electron chi connectivity index (χ0n) is 20.7. The molecule has 2 aliphatic rings. The number of aliphatic hydroxyl groups is 1. The number of anilines is 1. The van der Waals surface area contributed by atoms with Crippen LogP contribution in [0, 0.1) is 5.82 Å². The molecule has 3 aromatic rings. The summed E-state index contributed by atoms with van der Waals surface area (Å²) in [5.74, 6) is -1.90. The van der Waals surface area contributed by atoms with Crippen molar-refractivity contribution in [1.29, 1.82) is 0 Å². The van der Waals surface area contributed by atoms with Crippen LogP contribution in [0.3, 0.4) is 0 Å². The van der Waals surface area contributed by atoms with Crippen molar-refractivity contribution in [3.63, 3.8) is 0 Å². The van der Waals surface area contributed by atoms with Crippen molar-refractivity contribution in [1.82, 2.24) is 9.03 Å². The van der Waals surface area contributed by atoms with E-state index in [1.54, 1.807) is 18.2 Å². The number of aliphatic hydroxyl groups excluding tert-OH is 1. The fraction of sp³-hybridized carbons (Fsp3) is 0.269. The molecule has 0 spiro atoms. The van der Waals surface area contributed by atoms with Crippen LogP contribution in [-0.2, 0) is 31.6 Å². The summed E-state index contributed by atoms with van der Waals surface area (Å²) >= 11 is 0. The summed E-state index contributed by atoms with van der Waals surface area (Å²) in [6, 6.07) is 15.5. The molecular formula is C26H26FN3O7S2. The number of sulfonamides is 1. The number of carbonyl (C=O) groups is 1. The van der Waals surface area contributed by atoms with Gasteiger partial charge in [-0.15, -0.1) is 0 Å². The lowest BCUT2D eigenvalue weighted by atomic mass is 10.0. The minimum Gasteiger partial charge on any atom is -0.487 e. The number of nitrogens with zero attached hydrogens (tertiary/aromatic N) is 2. The lowest BCUT2D eigenvalue weighted by Gasteiger charge is -2.21. The van der Waals surface area contributed by atoms with Gasteiger partial charge in [-0.05, 0) is 40.6 Å². The molecule has 0 atom stereocenters. The molecule has 13 heteroatoms. The number of halogens is 1. The average Bonchev–Trinajstić information content (AvgIpc) is 3.51. The summed E-state index contributed by atoms with van der Waals surface area (Å²) in [4.78, 5) is 11.9. The maximum Gasteiger partial charge on any atom is 0.326 e. The molecule has 3 aromatic carbocycles. The minimum atomic E-state index is -4.33. The largest absolute Gasteiger partial charge is 0.487 e. The van der Waals surface area contributed by atoms with Crippen LogP contribution in [0.25, 0.3) is 16.3 Å². The Bertz CT molecular complexity index is 1680. The van der Waals surface area contributed by atoms with Gasteiger partial charge in [0.15, 0.2) is 5.82 Å². The standard InChI is InChI=1S/C26H26FN3O7S2/c27-25-22-13-19(21-9-10-29(15-21)38(33,34)12-4-11-31)7-8-20(22)14-23(37-17-18-5-2-1-3-6-18)26(25)30-16-24(32)28-39(30,35)36/h1-3,5-9,13-14,31H,4,10-12,15-17H2,(H,28,32). The fourth-order valence-electron chi connectivity index (χ4n) is 4.57. The van der Waals surface area contributed by atoms with E-state index in [1.165, 1.54) is 16.4 Å². The fourth-order valence-corrected chi connectivity index (χ4v) is 7.12. The van der Waals surface area contributed by atoms with E-state index >= 15 is 4.39 Å². The van der Waals surface area contributed by atoms with E-state index in [0.717, 1.165) is 5.56 Å². The van der Waals surface area contributed by atoms with Crippen LogP contribution in [0.2, 0.25) is 0 Å². The molecule has 1 amide bonds. The first-order valence-electron chi connectivity index (χ1n) is 12.1. The molecule has 5 rings (SSSR count). The van der Waals surface area contributed by atoms with Gasteiger partial charge in [-0.3, -0.25) is 4.79 Å². The second-order valence-electron chi connectivity index (χ2n) is 9.20. The Morgan fingerprint density at radius 1 is 1.08 bits per heavy atom. The Morgan fingerprint density at radius 3 is 2.54 bits per heavy atom. The number of hydrogen-bond donors (Lipinski definition) is 2. The SMILES string of the molecule is O=C1CN(c2c(OCc3ccccc3)cc3ccc(C4=CCN(S(=O)(=O)CCCO)C4)cc3c2F)S(=O)(=O)N1.